The Morgan fingerprint density at radius 3 is 1.98 bits per heavy atom. The van der Waals surface area contributed by atoms with Crippen molar-refractivity contribution >= 4 is 27.6 Å². The molecule has 0 aliphatic heterocycles. The van der Waals surface area contributed by atoms with Gasteiger partial charge in [-0.25, -0.2) is 17.2 Å². The van der Waals surface area contributed by atoms with Crippen molar-refractivity contribution in [3.63, 3.8) is 0 Å². The summed E-state index contributed by atoms with van der Waals surface area (Å²) < 4.78 is 61.0. The van der Waals surface area contributed by atoms with Crippen LogP contribution in [0.4, 0.5) is 8.78 Å². The molecule has 12 nitrogen and oxygen atoms in total. The van der Waals surface area contributed by atoms with Crippen LogP contribution >= 0.6 is 0 Å². The monoisotopic (exact) mass is 746 g/mol. The number of halogens is 2. The van der Waals surface area contributed by atoms with E-state index in [9.17, 15) is 41.8 Å². The van der Waals surface area contributed by atoms with Gasteiger partial charge in [0.1, 0.15) is 29.9 Å². The average Bonchev–Trinajstić information content (AvgIpc) is 3.12. The van der Waals surface area contributed by atoms with E-state index in [4.69, 9.17) is 4.74 Å². The molecule has 0 aliphatic carbocycles. The van der Waals surface area contributed by atoms with Crippen molar-refractivity contribution in [2.75, 3.05) is 19.5 Å². The molecule has 284 valence electrons. The number of nitrogens with one attached hydrogen (secondary N) is 3. The van der Waals surface area contributed by atoms with Crippen LogP contribution in [0.3, 0.4) is 0 Å². The fraction of sp³-hybridized carbons (Fsp3) is 0.459. The third kappa shape index (κ3) is 12.7. The normalized spacial score (nSPS) is 14.5. The van der Waals surface area contributed by atoms with Gasteiger partial charge in [0, 0.05) is 37.7 Å². The van der Waals surface area contributed by atoms with E-state index in [2.05, 4.69) is 20.9 Å². The highest BCUT2D eigenvalue weighted by atomic mass is 32.2. The SMILES string of the molecule is CCCC(CCC)S(=O)(=O)CC(NC(=O)c1cccnc1)C(=O)NC(Cc1cc(F)cc(F)c1)C(O)C(O)C(CCOC)NC(=O)c1ccccc1. The lowest BCUT2D eigenvalue weighted by Gasteiger charge is -2.34. The van der Waals surface area contributed by atoms with E-state index in [0.29, 0.717) is 31.7 Å². The predicted molar refractivity (Wildman–Crippen MR) is 191 cm³/mol. The van der Waals surface area contributed by atoms with Gasteiger partial charge < -0.3 is 30.9 Å². The first-order valence-corrected chi connectivity index (χ1v) is 18.9. The predicted octanol–water partition coefficient (Wildman–Crippen LogP) is 3.13. The van der Waals surface area contributed by atoms with Crippen molar-refractivity contribution in [1.29, 1.82) is 0 Å². The molecule has 0 bridgehead atoms. The van der Waals surface area contributed by atoms with Crippen LogP contribution < -0.4 is 16.0 Å². The number of benzene rings is 2. The van der Waals surface area contributed by atoms with Crippen LogP contribution in [-0.2, 0) is 25.8 Å². The molecule has 3 amide bonds. The zero-order valence-corrected chi connectivity index (χ0v) is 30.3. The Morgan fingerprint density at radius 2 is 1.40 bits per heavy atom. The Morgan fingerprint density at radius 1 is 0.808 bits per heavy atom. The van der Waals surface area contributed by atoms with Gasteiger partial charge in [-0.05, 0) is 67.6 Å². The van der Waals surface area contributed by atoms with Gasteiger partial charge in [0.05, 0.1) is 28.6 Å². The van der Waals surface area contributed by atoms with E-state index >= 15 is 0 Å². The zero-order chi connectivity index (χ0) is 38.3. The van der Waals surface area contributed by atoms with Crippen LogP contribution in [0.15, 0.2) is 73.1 Å². The second-order valence-electron chi connectivity index (χ2n) is 12.6. The number of hydrogen-bond donors (Lipinski definition) is 5. The van der Waals surface area contributed by atoms with Gasteiger partial charge in [0.2, 0.25) is 5.91 Å². The molecule has 1 aromatic heterocycles. The molecule has 0 radical (unpaired) electrons. The Hall–Kier alpha value is -4.31. The summed E-state index contributed by atoms with van der Waals surface area (Å²) in [5, 5.41) is 30.0. The van der Waals surface area contributed by atoms with Gasteiger partial charge in [0.15, 0.2) is 9.84 Å². The molecule has 0 fully saturated rings. The first-order valence-electron chi connectivity index (χ1n) is 17.2. The van der Waals surface area contributed by atoms with Gasteiger partial charge in [-0.15, -0.1) is 0 Å². The molecule has 5 N–H and O–H groups in total. The molecule has 15 heteroatoms. The molecule has 3 aromatic rings. The average molecular weight is 747 g/mol. The number of methoxy groups -OCH3 is 1. The first-order chi connectivity index (χ1) is 24.8. The quantitative estimate of drug-likeness (QED) is 0.109. The van der Waals surface area contributed by atoms with Crippen molar-refractivity contribution in [3.05, 3.63) is 101 Å². The molecule has 2 aromatic carbocycles. The number of ether oxygens (including phenoxy) is 1. The largest absolute Gasteiger partial charge is 0.388 e. The number of aromatic nitrogens is 1. The minimum absolute atomic E-state index is 0.00895. The van der Waals surface area contributed by atoms with Crippen LogP contribution in [0.25, 0.3) is 0 Å². The molecule has 3 rings (SSSR count). The van der Waals surface area contributed by atoms with Crippen LogP contribution in [0, 0.1) is 11.6 Å². The zero-order valence-electron chi connectivity index (χ0n) is 29.5. The summed E-state index contributed by atoms with van der Waals surface area (Å²) in [5.41, 5.74) is 0.309. The molecule has 5 atom stereocenters. The molecule has 0 aliphatic rings. The van der Waals surface area contributed by atoms with Gasteiger partial charge in [-0.3, -0.25) is 19.4 Å². The van der Waals surface area contributed by atoms with Crippen molar-refractivity contribution < 1.29 is 46.5 Å². The molecular weight excluding hydrogens is 698 g/mol. The van der Waals surface area contributed by atoms with Gasteiger partial charge in [0.25, 0.3) is 11.8 Å². The topological polar surface area (TPSA) is 184 Å². The molecule has 0 spiro atoms. The van der Waals surface area contributed by atoms with Gasteiger partial charge >= 0.3 is 0 Å². The number of nitrogens with zero attached hydrogens (tertiary/aromatic N) is 1. The summed E-state index contributed by atoms with van der Waals surface area (Å²) in [6.45, 7) is 3.72. The number of pyridine rings is 1. The van der Waals surface area contributed by atoms with E-state index in [-0.39, 0.29) is 29.7 Å². The van der Waals surface area contributed by atoms with Crippen LogP contribution in [0.5, 0.6) is 0 Å². The summed E-state index contributed by atoms with van der Waals surface area (Å²) in [4.78, 5) is 44.2. The maximum Gasteiger partial charge on any atom is 0.253 e. The van der Waals surface area contributed by atoms with Crippen molar-refractivity contribution in [2.45, 2.75) is 88.0 Å². The number of carbonyl (C=O) groups excluding carboxylic acids is 3. The van der Waals surface area contributed by atoms with E-state index in [1.165, 1.54) is 31.6 Å². The van der Waals surface area contributed by atoms with E-state index in [1.807, 2.05) is 13.8 Å². The Balaban J connectivity index is 2.00. The first kappa shape index (κ1) is 42.1. The lowest BCUT2D eigenvalue weighted by molar-refractivity contribution is -0.125. The molecular formula is C37H48F2N4O8S. The Kier molecular flexibility index (Phi) is 16.7. The highest BCUT2D eigenvalue weighted by Gasteiger charge is 2.38. The summed E-state index contributed by atoms with van der Waals surface area (Å²) >= 11 is 0. The number of amides is 3. The second kappa shape index (κ2) is 20.7. The maximum atomic E-state index is 14.3. The van der Waals surface area contributed by atoms with E-state index in [0.717, 1.165) is 12.1 Å². The summed E-state index contributed by atoms with van der Waals surface area (Å²) in [7, 11) is -2.59. The van der Waals surface area contributed by atoms with Crippen LogP contribution in [-0.4, -0.2) is 96.4 Å². The molecule has 52 heavy (non-hydrogen) atoms. The van der Waals surface area contributed by atoms with E-state index < -0.39 is 87.0 Å². The Bertz CT molecular complexity index is 1680. The molecule has 1 heterocycles. The number of sulfone groups is 1. The highest BCUT2D eigenvalue weighted by molar-refractivity contribution is 7.92. The Labute approximate surface area is 303 Å². The maximum absolute atomic E-state index is 14.3. The second-order valence-corrected chi connectivity index (χ2v) is 14.9. The standard InChI is InChI=1S/C37H48F2N4O8S/c1-4-10-29(11-5-2)52(49,50)23-32(43-36(47)26-14-9-16-40-22-26)37(48)42-31(20-24-18-27(38)21-28(39)19-24)34(45)33(44)30(15-17-51-3)41-35(46)25-12-7-6-8-13-25/h6-9,12-14,16,18-19,21-22,29-34,44-45H,4-5,10-11,15,17,20,23H2,1-3H3,(H,41,46)(H,42,48)(H,43,47). The molecule has 5 unspecified atom stereocenters. The van der Waals surface area contributed by atoms with E-state index in [1.54, 1.807) is 30.3 Å². The summed E-state index contributed by atoms with van der Waals surface area (Å²) in [6, 6.07) is 9.27. The third-order valence-electron chi connectivity index (χ3n) is 8.54. The van der Waals surface area contributed by atoms with Crippen molar-refractivity contribution in [3.8, 4) is 0 Å². The lowest BCUT2D eigenvalue weighted by Crippen LogP contribution is -2.60. The minimum atomic E-state index is -3.99. The molecule has 0 saturated carbocycles. The summed E-state index contributed by atoms with van der Waals surface area (Å²) in [6.07, 6.45) is 0.349. The number of rotatable bonds is 21. The number of aliphatic hydroxyl groups is 2. The van der Waals surface area contributed by atoms with Crippen molar-refractivity contribution in [2.24, 2.45) is 0 Å². The number of carbonyl (C=O) groups is 3. The van der Waals surface area contributed by atoms with Crippen molar-refractivity contribution in [1.82, 2.24) is 20.9 Å². The fourth-order valence-corrected chi connectivity index (χ4v) is 8.01. The van der Waals surface area contributed by atoms with Crippen LogP contribution in [0.2, 0.25) is 0 Å². The number of aliphatic hydroxyl groups excluding tert-OH is 2. The smallest absolute Gasteiger partial charge is 0.253 e. The third-order valence-corrected chi connectivity index (χ3v) is 10.8. The van der Waals surface area contributed by atoms with Gasteiger partial charge in [-0.2, -0.15) is 0 Å². The molecule has 0 saturated heterocycles. The number of hydrogen-bond acceptors (Lipinski definition) is 9. The highest BCUT2D eigenvalue weighted by Crippen LogP contribution is 2.19. The van der Waals surface area contributed by atoms with Crippen LogP contribution in [0.1, 0.15) is 72.2 Å². The summed E-state index contributed by atoms with van der Waals surface area (Å²) in [5.74, 6) is -5.07. The fourth-order valence-electron chi connectivity index (χ4n) is 5.85. The minimum Gasteiger partial charge on any atom is -0.388 e. The lowest BCUT2D eigenvalue weighted by atomic mass is 9.92. The van der Waals surface area contributed by atoms with Gasteiger partial charge in [-0.1, -0.05) is 44.9 Å².